The Morgan fingerprint density at radius 1 is 1.32 bits per heavy atom. The number of carbonyl (C=O) groups is 2. The summed E-state index contributed by atoms with van der Waals surface area (Å²) in [5.74, 6) is -0.344. The van der Waals surface area contributed by atoms with E-state index in [1.165, 1.54) is 4.90 Å². The molecule has 2 amide bonds. The lowest BCUT2D eigenvalue weighted by Crippen LogP contribution is -2.35. The minimum Gasteiger partial charge on any atom is -0.331 e. The van der Waals surface area contributed by atoms with Crippen LogP contribution in [-0.2, 0) is 11.2 Å². The van der Waals surface area contributed by atoms with Gasteiger partial charge in [0.25, 0.3) is 5.91 Å². The first-order valence-corrected chi connectivity index (χ1v) is 9.01. The third-order valence-electron chi connectivity index (χ3n) is 3.91. The molecule has 0 radical (unpaired) electrons. The lowest BCUT2D eigenvalue weighted by Gasteiger charge is -2.17. The summed E-state index contributed by atoms with van der Waals surface area (Å²) in [6.07, 6.45) is 0.823. The fraction of sp³-hybridized carbons (Fsp3) is 0.389. The molecule has 0 saturated carbocycles. The molecule has 1 aromatic heterocycles. The van der Waals surface area contributed by atoms with E-state index in [2.05, 4.69) is 31.4 Å². The SMILES string of the molecule is CCc1ccccc1NC(=O)CN(C)C(=O)c1n[nH]c(C(C)C)c1Br. The molecule has 0 aliphatic heterocycles. The zero-order valence-electron chi connectivity index (χ0n) is 14.9. The number of hydrogen-bond donors (Lipinski definition) is 2. The second-order valence-electron chi connectivity index (χ2n) is 6.17. The molecule has 6 nitrogen and oxygen atoms in total. The van der Waals surface area contributed by atoms with Crippen LogP contribution in [-0.4, -0.2) is 40.5 Å². The normalized spacial score (nSPS) is 10.8. The van der Waals surface area contributed by atoms with Crippen molar-refractivity contribution < 1.29 is 9.59 Å². The quantitative estimate of drug-likeness (QED) is 0.769. The Labute approximate surface area is 156 Å². The summed E-state index contributed by atoms with van der Waals surface area (Å²) < 4.78 is 0.649. The van der Waals surface area contributed by atoms with Crippen molar-refractivity contribution in [2.45, 2.75) is 33.1 Å². The molecule has 0 unspecified atom stereocenters. The first-order valence-electron chi connectivity index (χ1n) is 8.22. The van der Waals surface area contributed by atoms with Crippen molar-refractivity contribution in [3.63, 3.8) is 0 Å². The molecular weight excluding hydrogens is 384 g/mol. The fourth-order valence-corrected chi connectivity index (χ4v) is 3.28. The van der Waals surface area contributed by atoms with E-state index >= 15 is 0 Å². The van der Waals surface area contributed by atoms with Gasteiger partial charge in [-0.1, -0.05) is 39.0 Å². The second-order valence-corrected chi connectivity index (χ2v) is 6.97. The summed E-state index contributed by atoms with van der Waals surface area (Å²) in [5, 5.41) is 9.82. The molecule has 7 heteroatoms. The highest BCUT2D eigenvalue weighted by Crippen LogP contribution is 2.26. The largest absolute Gasteiger partial charge is 0.331 e. The van der Waals surface area contributed by atoms with Gasteiger partial charge in [0.05, 0.1) is 16.7 Å². The first kappa shape index (κ1) is 19.2. The van der Waals surface area contributed by atoms with Gasteiger partial charge in [-0.25, -0.2) is 0 Å². The minimum atomic E-state index is -0.311. The summed E-state index contributed by atoms with van der Waals surface area (Å²) >= 11 is 3.42. The maximum atomic E-state index is 12.5. The molecule has 0 saturated heterocycles. The smallest absolute Gasteiger partial charge is 0.275 e. The van der Waals surface area contributed by atoms with Gasteiger partial charge < -0.3 is 10.2 Å². The zero-order valence-corrected chi connectivity index (χ0v) is 16.5. The summed E-state index contributed by atoms with van der Waals surface area (Å²) in [4.78, 5) is 26.2. The number of nitrogens with zero attached hydrogens (tertiary/aromatic N) is 2. The van der Waals surface area contributed by atoms with Gasteiger partial charge in [-0.2, -0.15) is 5.10 Å². The van der Waals surface area contributed by atoms with E-state index in [1.807, 2.05) is 45.0 Å². The number of halogens is 1. The number of hydrogen-bond acceptors (Lipinski definition) is 3. The number of aryl methyl sites for hydroxylation is 1. The Hall–Kier alpha value is -2.15. The van der Waals surface area contributed by atoms with E-state index in [9.17, 15) is 9.59 Å². The van der Waals surface area contributed by atoms with E-state index in [1.54, 1.807) is 7.05 Å². The predicted molar refractivity (Wildman–Crippen MR) is 102 cm³/mol. The molecule has 2 rings (SSSR count). The van der Waals surface area contributed by atoms with E-state index in [0.29, 0.717) is 4.47 Å². The number of nitrogens with one attached hydrogen (secondary N) is 2. The highest BCUT2D eigenvalue weighted by Gasteiger charge is 2.23. The van der Waals surface area contributed by atoms with Crippen LogP contribution in [0, 0.1) is 0 Å². The standard InChI is InChI=1S/C18H23BrN4O2/c1-5-12-8-6-7-9-13(12)20-14(24)10-23(4)18(25)17-15(19)16(11(2)3)21-22-17/h6-9,11H,5,10H2,1-4H3,(H,20,24)(H,21,22). The first-order chi connectivity index (χ1) is 11.8. The molecule has 0 atom stereocenters. The molecule has 1 heterocycles. The van der Waals surface area contributed by atoms with Gasteiger partial charge in [0, 0.05) is 12.7 Å². The van der Waals surface area contributed by atoms with E-state index < -0.39 is 0 Å². The monoisotopic (exact) mass is 406 g/mol. The van der Waals surface area contributed by atoms with Crippen LogP contribution >= 0.6 is 15.9 Å². The Balaban J connectivity index is 2.05. The molecule has 134 valence electrons. The molecule has 0 aliphatic carbocycles. The second kappa shape index (κ2) is 8.29. The molecule has 25 heavy (non-hydrogen) atoms. The van der Waals surface area contributed by atoms with Crippen molar-refractivity contribution in [3.8, 4) is 0 Å². The van der Waals surface area contributed by atoms with E-state index in [0.717, 1.165) is 23.4 Å². The summed E-state index contributed by atoms with van der Waals surface area (Å²) in [5.41, 5.74) is 2.98. The Morgan fingerprint density at radius 3 is 2.60 bits per heavy atom. The Morgan fingerprint density at radius 2 is 2.00 bits per heavy atom. The summed E-state index contributed by atoms with van der Waals surface area (Å²) in [6, 6.07) is 7.64. The van der Waals surface area contributed by atoms with Crippen molar-refractivity contribution in [3.05, 3.63) is 45.7 Å². The van der Waals surface area contributed by atoms with Gasteiger partial charge in [-0.05, 0) is 39.9 Å². The van der Waals surface area contributed by atoms with Gasteiger partial charge >= 0.3 is 0 Å². The third kappa shape index (κ3) is 4.48. The lowest BCUT2D eigenvalue weighted by atomic mass is 10.1. The topological polar surface area (TPSA) is 78.1 Å². The molecule has 0 spiro atoms. The van der Waals surface area contributed by atoms with Crippen LogP contribution < -0.4 is 5.32 Å². The van der Waals surface area contributed by atoms with Crippen LogP contribution in [0.15, 0.2) is 28.7 Å². The number of amides is 2. The van der Waals surface area contributed by atoms with Crippen molar-refractivity contribution in [1.82, 2.24) is 15.1 Å². The molecule has 2 aromatic rings. The number of likely N-dealkylation sites (N-methyl/N-ethyl adjacent to an activating group) is 1. The molecule has 2 N–H and O–H groups in total. The Bertz CT molecular complexity index is 770. The zero-order chi connectivity index (χ0) is 18.6. The number of benzene rings is 1. The van der Waals surface area contributed by atoms with Gasteiger partial charge in [-0.15, -0.1) is 0 Å². The number of H-pyrrole nitrogens is 1. The fourth-order valence-electron chi connectivity index (χ4n) is 2.47. The molecule has 0 bridgehead atoms. The van der Waals surface area contributed by atoms with Crippen LogP contribution in [0.3, 0.4) is 0 Å². The van der Waals surface area contributed by atoms with Gasteiger partial charge in [0.2, 0.25) is 5.91 Å². The van der Waals surface area contributed by atoms with Crippen molar-refractivity contribution in [1.29, 1.82) is 0 Å². The van der Waals surface area contributed by atoms with Gasteiger partial charge in [0.1, 0.15) is 0 Å². The number of anilines is 1. The average molecular weight is 407 g/mol. The van der Waals surface area contributed by atoms with Crippen LogP contribution in [0.5, 0.6) is 0 Å². The maximum Gasteiger partial charge on any atom is 0.275 e. The van der Waals surface area contributed by atoms with Crippen molar-refractivity contribution >= 4 is 33.4 Å². The lowest BCUT2D eigenvalue weighted by molar-refractivity contribution is -0.116. The van der Waals surface area contributed by atoms with Crippen LogP contribution in [0.1, 0.15) is 48.4 Å². The van der Waals surface area contributed by atoms with Gasteiger partial charge in [0.15, 0.2) is 5.69 Å². The highest BCUT2D eigenvalue weighted by atomic mass is 79.9. The molecule has 0 fully saturated rings. The third-order valence-corrected chi connectivity index (χ3v) is 4.72. The summed E-state index contributed by atoms with van der Waals surface area (Å²) in [7, 11) is 1.59. The van der Waals surface area contributed by atoms with Gasteiger partial charge in [-0.3, -0.25) is 14.7 Å². The Kier molecular flexibility index (Phi) is 6.36. The van der Waals surface area contributed by atoms with Crippen molar-refractivity contribution in [2.75, 3.05) is 18.9 Å². The number of aromatic nitrogens is 2. The van der Waals surface area contributed by atoms with Crippen molar-refractivity contribution in [2.24, 2.45) is 0 Å². The molecule has 1 aromatic carbocycles. The van der Waals surface area contributed by atoms with E-state index in [4.69, 9.17) is 0 Å². The molecular formula is C18H23BrN4O2. The number of carbonyl (C=O) groups excluding carboxylic acids is 2. The predicted octanol–water partition coefficient (Wildman–Crippen LogP) is 3.57. The number of rotatable bonds is 6. The highest BCUT2D eigenvalue weighted by molar-refractivity contribution is 9.10. The van der Waals surface area contributed by atoms with Crippen LogP contribution in [0.25, 0.3) is 0 Å². The van der Waals surface area contributed by atoms with Crippen LogP contribution in [0.2, 0.25) is 0 Å². The maximum absolute atomic E-state index is 12.5. The van der Waals surface area contributed by atoms with Crippen LogP contribution in [0.4, 0.5) is 5.69 Å². The number of aromatic amines is 1. The number of para-hydroxylation sites is 1. The van der Waals surface area contributed by atoms with E-state index in [-0.39, 0.29) is 30.0 Å². The summed E-state index contributed by atoms with van der Waals surface area (Å²) in [6.45, 7) is 6.00. The minimum absolute atomic E-state index is 0.0484. The average Bonchev–Trinajstić information content (AvgIpc) is 2.96. The molecule has 0 aliphatic rings.